The van der Waals surface area contributed by atoms with Gasteiger partial charge in [0.2, 0.25) is 5.91 Å². The van der Waals surface area contributed by atoms with Gasteiger partial charge in [-0.2, -0.15) is 0 Å². The number of carbonyl (C=O) groups is 3. The van der Waals surface area contributed by atoms with Crippen LogP contribution in [0.5, 0.6) is 0 Å². The number of amides is 1. The fourth-order valence-electron chi connectivity index (χ4n) is 2.93. The number of hydrogen-bond acceptors (Lipinski definition) is 5. The third-order valence-electron chi connectivity index (χ3n) is 4.12. The first-order chi connectivity index (χ1) is 10.9. The number of thioether (sulfide) groups is 2. The summed E-state index contributed by atoms with van der Waals surface area (Å²) in [6, 6.07) is 0.395. The second-order valence-electron chi connectivity index (χ2n) is 6.18. The third kappa shape index (κ3) is 8.80. The second-order valence-corrected chi connectivity index (χ2v) is 8.93. The van der Waals surface area contributed by atoms with Gasteiger partial charge in [-0.05, 0) is 39.0 Å². The van der Waals surface area contributed by atoms with Gasteiger partial charge in [-0.1, -0.05) is 29.9 Å². The molecule has 0 saturated carbocycles. The lowest BCUT2D eigenvalue weighted by Gasteiger charge is -2.21. The van der Waals surface area contributed by atoms with E-state index in [0.717, 1.165) is 50.8 Å². The highest BCUT2D eigenvalue weighted by molar-refractivity contribution is 8.14. The molecule has 1 aliphatic heterocycles. The van der Waals surface area contributed by atoms with Gasteiger partial charge in [-0.3, -0.25) is 14.4 Å². The van der Waals surface area contributed by atoms with Crippen LogP contribution in [0.1, 0.15) is 65.7 Å². The smallest absolute Gasteiger partial charge is 0.222 e. The van der Waals surface area contributed by atoms with E-state index in [0.29, 0.717) is 12.5 Å². The highest BCUT2D eigenvalue weighted by atomic mass is 32.2. The molecule has 0 spiro atoms. The topological polar surface area (TPSA) is 54.5 Å². The summed E-state index contributed by atoms with van der Waals surface area (Å²) in [4.78, 5) is 36.5. The van der Waals surface area contributed by atoms with E-state index in [2.05, 4.69) is 6.92 Å². The van der Waals surface area contributed by atoms with E-state index in [-0.39, 0.29) is 21.4 Å². The minimum Gasteiger partial charge on any atom is -0.340 e. The Morgan fingerprint density at radius 2 is 1.87 bits per heavy atom. The molecule has 0 bridgehead atoms. The molecule has 132 valence electrons. The summed E-state index contributed by atoms with van der Waals surface area (Å²) in [6.07, 6.45) is 6.51. The first-order valence-corrected chi connectivity index (χ1v) is 10.4. The van der Waals surface area contributed by atoms with Crippen LogP contribution < -0.4 is 0 Å². The molecule has 0 radical (unpaired) electrons. The van der Waals surface area contributed by atoms with Crippen molar-refractivity contribution in [3.8, 4) is 0 Å². The zero-order valence-corrected chi connectivity index (χ0v) is 16.1. The van der Waals surface area contributed by atoms with Gasteiger partial charge in [0, 0.05) is 43.9 Å². The normalized spacial score (nSPS) is 18.9. The van der Waals surface area contributed by atoms with Crippen molar-refractivity contribution in [2.24, 2.45) is 0 Å². The molecule has 1 fully saturated rings. The molecule has 2 atom stereocenters. The molecule has 0 aromatic rings. The second kappa shape index (κ2) is 11.1. The maximum atomic E-state index is 12.2. The molecule has 2 unspecified atom stereocenters. The number of likely N-dealkylation sites (tertiary alicyclic amines) is 1. The summed E-state index contributed by atoms with van der Waals surface area (Å²) in [5.74, 6) is 1.04. The Morgan fingerprint density at radius 3 is 2.43 bits per heavy atom. The van der Waals surface area contributed by atoms with Crippen molar-refractivity contribution in [2.75, 3.05) is 12.3 Å². The molecule has 1 rings (SSSR count). The van der Waals surface area contributed by atoms with Gasteiger partial charge >= 0.3 is 0 Å². The van der Waals surface area contributed by atoms with Crippen LogP contribution in [0.2, 0.25) is 0 Å². The van der Waals surface area contributed by atoms with Crippen LogP contribution in [-0.4, -0.2) is 44.6 Å². The molecule has 0 aliphatic carbocycles. The number of rotatable bonds is 9. The molecule has 0 aromatic heterocycles. The van der Waals surface area contributed by atoms with Crippen LogP contribution in [0.25, 0.3) is 0 Å². The number of unbranched alkanes of at least 4 members (excludes halogenated alkanes) is 1. The molecule has 4 nitrogen and oxygen atoms in total. The van der Waals surface area contributed by atoms with Crippen molar-refractivity contribution in [3.63, 3.8) is 0 Å². The Balaban J connectivity index is 2.23. The molecular weight excluding hydrogens is 330 g/mol. The SMILES string of the molecule is CC(=O)SCCC(CCCCC(=O)N1CCCC1C)SC(C)=O. The summed E-state index contributed by atoms with van der Waals surface area (Å²) >= 11 is 2.70. The van der Waals surface area contributed by atoms with Crippen LogP contribution in [-0.2, 0) is 14.4 Å². The number of hydrogen-bond donors (Lipinski definition) is 0. The molecule has 0 aromatic carbocycles. The Kier molecular flexibility index (Phi) is 9.95. The molecule has 1 saturated heterocycles. The van der Waals surface area contributed by atoms with Crippen molar-refractivity contribution >= 4 is 39.7 Å². The molecule has 1 amide bonds. The van der Waals surface area contributed by atoms with Crippen LogP contribution in [0, 0.1) is 0 Å². The van der Waals surface area contributed by atoms with Crippen molar-refractivity contribution < 1.29 is 14.4 Å². The lowest BCUT2D eigenvalue weighted by Crippen LogP contribution is -2.33. The van der Waals surface area contributed by atoms with Crippen molar-refractivity contribution in [3.05, 3.63) is 0 Å². The average molecular weight is 360 g/mol. The Hall–Kier alpha value is -0.490. The highest BCUT2D eigenvalue weighted by Gasteiger charge is 2.24. The van der Waals surface area contributed by atoms with Gasteiger partial charge in [0.15, 0.2) is 10.2 Å². The fourth-order valence-corrected chi connectivity index (χ4v) is 4.76. The quantitative estimate of drug-likeness (QED) is 0.585. The van der Waals surface area contributed by atoms with Gasteiger partial charge in [0.1, 0.15) is 0 Å². The van der Waals surface area contributed by atoms with Crippen molar-refractivity contribution in [2.45, 2.75) is 77.0 Å². The van der Waals surface area contributed by atoms with Crippen molar-refractivity contribution in [1.29, 1.82) is 0 Å². The predicted octanol–water partition coefficient (Wildman–Crippen LogP) is 3.88. The lowest BCUT2D eigenvalue weighted by molar-refractivity contribution is -0.131. The van der Waals surface area contributed by atoms with Gasteiger partial charge in [-0.25, -0.2) is 0 Å². The first-order valence-electron chi connectivity index (χ1n) is 8.50. The zero-order chi connectivity index (χ0) is 17.2. The maximum Gasteiger partial charge on any atom is 0.222 e. The standard InChI is InChI=1S/C17H29NO3S2/c1-13-7-6-11-18(13)17(21)9-5-4-8-16(23-15(3)20)10-12-22-14(2)19/h13,16H,4-12H2,1-3H3. The lowest BCUT2D eigenvalue weighted by atomic mass is 10.1. The van der Waals surface area contributed by atoms with Gasteiger partial charge < -0.3 is 4.90 Å². The molecule has 1 heterocycles. The third-order valence-corrected chi connectivity index (χ3v) is 6.10. The summed E-state index contributed by atoms with van der Waals surface area (Å²) < 4.78 is 0. The van der Waals surface area contributed by atoms with Crippen LogP contribution in [0.4, 0.5) is 0 Å². The Morgan fingerprint density at radius 1 is 1.13 bits per heavy atom. The summed E-state index contributed by atoms with van der Waals surface area (Å²) in [6.45, 7) is 6.19. The number of carbonyl (C=O) groups excluding carboxylic acids is 3. The number of nitrogens with zero attached hydrogens (tertiary/aromatic N) is 1. The van der Waals surface area contributed by atoms with Gasteiger partial charge in [0.05, 0.1) is 0 Å². The zero-order valence-electron chi connectivity index (χ0n) is 14.5. The van der Waals surface area contributed by atoms with E-state index in [4.69, 9.17) is 0 Å². The minimum atomic E-state index is 0.127. The average Bonchev–Trinajstić information content (AvgIpc) is 2.88. The first kappa shape index (κ1) is 20.6. The van der Waals surface area contributed by atoms with E-state index in [1.807, 2.05) is 4.90 Å². The van der Waals surface area contributed by atoms with Gasteiger partial charge in [0.25, 0.3) is 0 Å². The Bertz CT molecular complexity index is 415. The molecular formula is C17H29NO3S2. The van der Waals surface area contributed by atoms with E-state index in [9.17, 15) is 14.4 Å². The Labute approximate surface area is 148 Å². The largest absolute Gasteiger partial charge is 0.340 e. The maximum absolute atomic E-state index is 12.2. The van der Waals surface area contributed by atoms with Gasteiger partial charge in [-0.15, -0.1) is 0 Å². The summed E-state index contributed by atoms with van der Waals surface area (Å²) in [7, 11) is 0. The van der Waals surface area contributed by atoms with Crippen LogP contribution >= 0.6 is 23.5 Å². The van der Waals surface area contributed by atoms with E-state index in [1.54, 1.807) is 13.8 Å². The predicted molar refractivity (Wildman–Crippen MR) is 98.7 cm³/mol. The molecule has 1 aliphatic rings. The van der Waals surface area contributed by atoms with Crippen LogP contribution in [0.3, 0.4) is 0 Å². The van der Waals surface area contributed by atoms with Crippen molar-refractivity contribution in [1.82, 2.24) is 4.90 Å². The van der Waals surface area contributed by atoms with E-state index < -0.39 is 0 Å². The molecule has 0 N–H and O–H groups in total. The van der Waals surface area contributed by atoms with E-state index >= 15 is 0 Å². The fraction of sp³-hybridized carbons (Fsp3) is 0.824. The molecule has 6 heteroatoms. The van der Waals surface area contributed by atoms with Crippen LogP contribution in [0.15, 0.2) is 0 Å². The summed E-state index contributed by atoms with van der Waals surface area (Å²) in [5.41, 5.74) is 0. The molecule has 23 heavy (non-hydrogen) atoms. The summed E-state index contributed by atoms with van der Waals surface area (Å²) in [5, 5.41) is 0.520. The highest BCUT2D eigenvalue weighted by Crippen LogP contribution is 2.24. The monoisotopic (exact) mass is 359 g/mol. The minimum absolute atomic E-state index is 0.127. The van der Waals surface area contributed by atoms with E-state index in [1.165, 1.54) is 23.5 Å².